The van der Waals surface area contributed by atoms with E-state index in [1.807, 2.05) is 49.1 Å². The van der Waals surface area contributed by atoms with Crippen LogP contribution in [0.1, 0.15) is 52.2 Å². The highest BCUT2D eigenvalue weighted by atomic mass is 16.5. The number of carbonyl (C=O) groups excluding carboxylic acids is 1. The second-order valence-corrected chi connectivity index (χ2v) is 7.39. The Morgan fingerprint density at radius 2 is 1.86 bits per heavy atom. The van der Waals surface area contributed by atoms with Crippen LogP contribution in [0, 0.1) is 20.8 Å². The third-order valence-electron chi connectivity index (χ3n) is 5.14. The molecule has 0 spiro atoms. The average molecular weight is 392 g/mol. The van der Waals surface area contributed by atoms with Gasteiger partial charge in [0.15, 0.2) is 11.6 Å². The third-order valence-corrected chi connectivity index (χ3v) is 5.14. The van der Waals surface area contributed by atoms with Crippen molar-refractivity contribution in [2.45, 2.75) is 39.5 Å². The number of amides is 1. The number of likely N-dealkylation sites (tertiary alicyclic amines) is 1. The Balaban J connectivity index is 1.45. The van der Waals surface area contributed by atoms with Gasteiger partial charge in [-0.2, -0.15) is 4.98 Å². The Bertz CT molecular complexity index is 1020. The van der Waals surface area contributed by atoms with Gasteiger partial charge in [-0.15, -0.1) is 0 Å². The molecule has 0 N–H and O–H groups in total. The highest BCUT2D eigenvalue weighted by Gasteiger charge is 2.28. The summed E-state index contributed by atoms with van der Waals surface area (Å²) in [5, 5.41) is 0. The predicted molar refractivity (Wildman–Crippen MR) is 107 cm³/mol. The van der Waals surface area contributed by atoms with E-state index in [4.69, 9.17) is 9.15 Å². The van der Waals surface area contributed by atoms with Gasteiger partial charge in [0, 0.05) is 37.7 Å². The standard InChI is InChI=1S/C22H24N4O3/c1-14-6-4-5-7-19(14)29-20-12-15(2)23-21(25-20)17-8-10-26(11-9-17)22(27)18-13-28-16(3)24-18/h4-7,12-13,17H,8-11H2,1-3H3. The summed E-state index contributed by atoms with van der Waals surface area (Å²) in [6, 6.07) is 9.71. The molecule has 0 radical (unpaired) electrons. The van der Waals surface area contributed by atoms with Gasteiger partial charge in [-0.1, -0.05) is 18.2 Å². The molecular formula is C22H24N4O3. The molecular weight excluding hydrogens is 368 g/mol. The van der Waals surface area contributed by atoms with Crippen LogP contribution in [-0.4, -0.2) is 38.8 Å². The summed E-state index contributed by atoms with van der Waals surface area (Å²) in [6.07, 6.45) is 3.02. The molecule has 3 heterocycles. The molecule has 3 aromatic rings. The SMILES string of the molecule is Cc1cc(Oc2ccccc2C)nc(C2CCN(C(=O)c3coc(C)n3)CC2)n1. The third kappa shape index (κ3) is 4.29. The summed E-state index contributed by atoms with van der Waals surface area (Å²) < 4.78 is 11.2. The van der Waals surface area contributed by atoms with Crippen molar-refractivity contribution in [2.75, 3.05) is 13.1 Å². The molecule has 1 aromatic carbocycles. The zero-order valence-corrected chi connectivity index (χ0v) is 16.9. The van der Waals surface area contributed by atoms with Gasteiger partial charge in [0.1, 0.15) is 17.8 Å². The Morgan fingerprint density at radius 3 is 2.55 bits per heavy atom. The quantitative estimate of drug-likeness (QED) is 0.662. The molecule has 0 saturated carbocycles. The van der Waals surface area contributed by atoms with E-state index in [1.54, 1.807) is 6.92 Å². The highest BCUT2D eigenvalue weighted by Crippen LogP contribution is 2.29. The van der Waals surface area contributed by atoms with E-state index in [1.165, 1.54) is 6.26 Å². The second-order valence-electron chi connectivity index (χ2n) is 7.39. The summed E-state index contributed by atoms with van der Waals surface area (Å²) in [6.45, 7) is 6.96. The summed E-state index contributed by atoms with van der Waals surface area (Å²) in [4.78, 5) is 27.8. The van der Waals surface area contributed by atoms with Crippen LogP contribution >= 0.6 is 0 Å². The van der Waals surface area contributed by atoms with E-state index in [9.17, 15) is 4.79 Å². The zero-order valence-electron chi connectivity index (χ0n) is 16.9. The van der Waals surface area contributed by atoms with Gasteiger partial charge in [0.25, 0.3) is 5.91 Å². The number of piperidine rings is 1. The maximum absolute atomic E-state index is 12.6. The largest absolute Gasteiger partial charge is 0.448 e. The van der Waals surface area contributed by atoms with Crippen LogP contribution in [0.15, 0.2) is 41.0 Å². The van der Waals surface area contributed by atoms with Crippen molar-refractivity contribution >= 4 is 5.91 Å². The van der Waals surface area contributed by atoms with E-state index in [-0.39, 0.29) is 11.8 Å². The summed E-state index contributed by atoms with van der Waals surface area (Å²) in [7, 11) is 0. The van der Waals surface area contributed by atoms with Crippen LogP contribution < -0.4 is 4.74 Å². The molecule has 1 saturated heterocycles. The monoisotopic (exact) mass is 392 g/mol. The maximum Gasteiger partial charge on any atom is 0.275 e. The van der Waals surface area contributed by atoms with Crippen molar-refractivity contribution in [1.29, 1.82) is 0 Å². The summed E-state index contributed by atoms with van der Waals surface area (Å²) in [5.41, 5.74) is 2.29. The summed E-state index contributed by atoms with van der Waals surface area (Å²) in [5.74, 6) is 2.72. The molecule has 1 aliphatic heterocycles. The van der Waals surface area contributed by atoms with Crippen molar-refractivity contribution in [1.82, 2.24) is 19.9 Å². The van der Waals surface area contributed by atoms with Crippen LogP contribution in [-0.2, 0) is 0 Å². The van der Waals surface area contributed by atoms with Crippen LogP contribution in [0.4, 0.5) is 0 Å². The van der Waals surface area contributed by atoms with Gasteiger partial charge in [-0.3, -0.25) is 4.79 Å². The molecule has 0 atom stereocenters. The predicted octanol–water partition coefficient (Wildman–Crippen LogP) is 4.20. The van der Waals surface area contributed by atoms with Crippen LogP contribution in [0.25, 0.3) is 0 Å². The number of nitrogens with zero attached hydrogens (tertiary/aromatic N) is 4. The zero-order chi connectivity index (χ0) is 20.4. The smallest absolute Gasteiger partial charge is 0.275 e. The van der Waals surface area contributed by atoms with Gasteiger partial charge in [-0.25, -0.2) is 9.97 Å². The lowest BCUT2D eigenvalue weighted by molar-refractivity contribution is 0.0704. The molecule has 150 valence electrons. The van der Waals surface area contributed by atoms with E-state index in [2.05, 4.69) is 15.0 Å². The summed E-state index contributed by atoms with van der Waals surface area (Å²) >= 11 is 0. The lowest BCUT2D eigenvalue weighted by atomic mass is 9.95. The fourth-order valence-electron chi connectivity index (χ4n) is 3.54. The molecule has 0 aliphatic carbocycles. The number of aryl methyl sites for hydroxylation is 3. The molecule has 1 aliphatic rings. The number of ether oxygens (including phenoxy) is 1. The highest BCUT2D eigenvalue weighted by molar-refractivity contribution is 5.92. The van der Waals surface area contributed by atoms with Crippen molar-refractivity contribution in [3.05, 3.63) is 65.3 Å². The number of oxazole rings is 1. The number of hydrogen-bond donors (Lipinski definition) is 0. The minimum Gasteiger partial charge on any atom is -0.448 e. The average Bonchev–Trinajstić information content (AvgIpc) is 3.15. The topological polar surface area (TPSA) is 81.4 Å². The Labute approximate surface area is 169 Å². The first-order valence-corrected chi connectivity index (χ1v) is 9.80. The minimum absolute atomic E-state index is 0.0889. The number of carbonyl (C=O) groups is 1. The molecule has 1 fully saturated rings. The van der Waals surface area contributed by atoms with Gasteiger partial charge >= 0.3 is 0 Å². The van der Waals surface area contributed by atoms with Crippen molar-refractivity contribution in [3.8, 4) is 11.6 Å². The maximum atomic E-state index is 12.6. The lowest BCUT2D eigenvalue weighted by Gasteiger charge is -2.30. The van der Waals surface area contributed by atoms with Gasteiger partial charge in [0.05, 0.1) is 0 Å². The fourth-order valence-corrected chi connectivity index (χ4v) is 3.54. The van der Waals surface area contributed by atoms with Crippen molar-refractivity contribution < 1.29 is 13.9 Å². The molecule has 0 bridgehead atoms. The van der Waals surface area contributed by atoms with Gasteiger partial charge in [0.2, 0.25) is 5.88 Å². The molecule has 0 unspecified atom stereocenters. The van der Waals surface area contributed by atoms with Crippen LogP contribution in [0.5, 0.6) is 11.6 Å². The van der Waals surface area contributed by atoms with Gasteiger partial charge < -0.3 is 14.1 Å². The first kappa shape index (κ1) is 19.1. The second kappa shape index (κ2) is 8.03. The molecule has 29 heavy (non-hydrogen) atoms. The van der Waals surface area contributed by atoms with E-state index in [0.717, 1.165) is 35.7 Å². The first-order chi connectivity index (χ1) is 14.0. The van der Waals surface area contributed by atoms with E-state index < -0.39 is 0 Å². The van der Waals surface area contributed by atoms with E-state index >= 15 is 0 Å². The molecule has 4 rings (SSSR count). The number of aromatic nitrogens is 3. The molecule has 1 amide bonds. The number of hydrogen-bond acceptors (Lipinski definition) is 6. The lowest BCUT2D eigenvalue weighted by Crippen LogP contribution is -2.38. The van der Waals surface area contributed by atoms with Crippen LogP contribution in [0.3, 0.4) is 0 Å². The molecule has 7 nitrogen and oxygen atoms in total. The Kier molecular flexibility index (Phi) is 5.29. The Morgan fingerprint density at radius 1 is 1.10 bits per heavy atom. The Hall–Kier alpha value is -3.22. The van der Waals surface area contributed by atoms with Crippen molar-refractivity contribution in [2.24, 2.45) is 0 Å². The van der Waals surface area contributed by atoms with E-state index in [0.29, 0.717) is 30.6 Å². The van der Waals surface area contributed by atoms with Gasteiger partial charge in [-0.05, 0) is 38.3 Å². The number of benzene rings is 1. The first-order valence-electron chi connectivity index (χ1n) is 9.80. The minimum atomic E-state index is -0.0889. The molecule has 7 heteroatoms. The molecule has 2 aromatic heterocycles. The van der Waals surface area contributed by atoms with Crippen LogP contribution in [0.2, 0.25) is 0 Å². The normalized spacial score (nSPS) is 14.8. The number of rotatable bonds is 4. The van der Waals surface area contributed by atoms with Crippen molar-refractivity contribution in [3.63, 3.8) is 0 Å². The fraction of sp³-hybridized carbons (Fsp3) is 0.364. The number of para-hydroxylation sites is 1.